The first-order valence-corrected chi connectivity index (χ1v) is 14.2. The summed E-state index contributed by atoms with van der Waals surface area (Å²) in [5, 5.41) is 0. The van der Waals surface area contributed by atoms with Crippen LogP contribution in [0, 0.1) is 6.92 Å². The zero-order valence-electron chi connectivity index (χ0n) is 24.4. The topological polar surface area (TPSA) is 111 Å². The summed E-state index contributed by atoms with van der Waals surface area (Å²) < 4.78 is 10.9. The molecule has 3 aromatic rings. The minimum atomic E-state index is -0.480. The number of primary amides is 1. The monoisotopic (exact) mass is 546 g/mol. The van der Waals surface area contributed by atoms with Crippen LogP contribution in [-0.2, 0) is 28.9 Å². The molecule has 1 aliphatic rings. The standard InChI is InChI=1S/C32H42N4O4/c1-6-36(25-11-13-40-14-12-25)30-17-23(22-7-8-24(19-39-5)34-18-22)16-29(31(33)37)26(30)9-10-27-28(20(2)3)15-21(4)35-32(27)38/h7-8,15-18,20,25H,6,9-14,19H2,1-5H3,(H2,33,37)(H,35,38). The largest absolute Gasteiger partial charge is 0.381 e. The second kappa shape index (κ2) is 13.2. The van der Waals surface area contributed by atoms with Gasteiger partial charge < -0.3 is 25.1 Å². The number of carbonyl (C=O) groups excluding carboxylic acids is 1. The number of amides is 1. The smallest absolute Gasteiger partial charge is 0.251 e. The van der Waals surface area contributed by atoms with E-state index >= 15 is 0 Å². The number of aromatic amines is 1. The van der Waals surface area contributed by atoms with E-state index in [0.717, 1.165) is 64.3 Å². The number of nitrogens with two attached hydrogens (primary N) is 1. The first kappa shape index (κ1) is 29.5. The zero-order chi connectivity index (χ0) is 28.8. The van der Waals surface area contributed by atoms with Gasteiger partial charge in [0, 0.05) is 67.2 Å². The molecule has 0 radical (unpaired) electrons. The maximum atomic E-state index is 13.1. The highest BCUT2D eigenvalue weighted by molar-refractivity contribution is 5.98. The molecule has 0 bridgehead atoms. The number of H-pyrrole nitrogens is 1. The summed E-state index contributed by atoms with van der Waals surface area (Å²) in [6, 6.07) is 10.3. The molecule has 214 valence electrons. The number of pyridine rings is 2. The number of anilines is 1. The molecular weight excluding hydrogens is 504 g/mol. The van der Waals surface area contributed by atoms with Crippen LogP contribution in [0.25, 0.3) is 11.1 Å². The number of rotatable bonds is 11. The van der Waals surface area contributed by atoms with Gasteiger partial charge in [0.2, 0.25) is 5.91 Å². The summed E-state index contributed by atoms with van der Waals surface area (Å²) in [5.74, 6) is -0.275. The average molecular weight is 547 g/mol. The van der Waals surface area contributed by atoms with Crippen molar-refractivity contribution in [1.29, 1.82) is 0 Å². The second-order valence-electron chi connectivity index (χ2n) is 10.9. The van der Waals surface area contributed by atoms with Crippen LogP contribution in [-0.4, -0.2) is 48.8 Å². The summed E-state index contributed by atoms with van der Waals surface area (Å²) in [6.07, 6.45) is 4.65. The van der Waals surface area contributed by atoms with Gasteiger partial charge in [-0.1, -0.05) is 19.9 Å². The van der Waals surface area contributed by atoms with Crippen LogP contribution in [0.2, 0.25) is 0 Å². The number of nitrogens with zero attached hydrogens (tertiary/aromatic N) is 2. The van der Waals surface area contributed by atoms with Gasteiger partial charge in [0.05, 0.1) is 12.3 Å². The van der Waals surface area contributed by atoms with Crippen molar-refractivity contribution < 1.29 is 14.3 Å². The third kappa shape index (κ3) is 6.62. The molecule has 0 spiro atoms. The predicted octanol–water partition coefficient (Wildman–Crippen LogP) is 4.90. The Morgan fingerprint density at radius 1 is 1.15 bits per heavy atom. The Bertz CT molecular complexity index is 1370. The summed E-state index contributed by atoms with van der Waals surface area (Å²) >= 11 is 0. The van der Waals surface area contributed by atoms with Crippen molar-refractivity contribution in [2.75, 3.05) is 31.8 Å². The fourth-order valence-electron chi connectivity index (χ4n) is 5.78. The zero-order valence-corrected chi connectivity index (χ0v) is 24.4. The molecule has 8 nitrogen and oxygen atoms in total. The van der Waals surface area contributed by atoms with Crippen molar-refractivity contribution in [3.8, 4) is 11.1 Å². The summed E-state index contributed by atoms with van der Waals surface area (Å²) in [5.41, 5.74) is 13.6. The van der Waals surface area contributed by atoms with Crippen LogP contribution in [0.4, 0.5) is 5.69 Å². The molecule has 40 heavy (non-hydrogen) atoms. The molecule has 1 aliphatic heterocycles. The third-order valence-corrected chi connectivity index (χ3v) is 7.78. The van der Waals surface area contributed by atoms with Gasteiger partial charge in [-0.15, -0.1) is 0 Å². The molecule has 0 unspecified atom stereocenters. The van der Waals surface area contributed by atoms with E-state index in [1.165, 1.54) is 0 Å². The quantitative estimate of drug-likeness (QED) is 0.354. The van der Waals surface area contributed by atoms with Crippen molar-refractivity contribution in [3.05, 3.63) is 80.5 Å². The lowest BCUT2D eigenvalue weighted by molar-refractivity contribution is 0.0846. The lowest BCUT2D eigenvalue weighted by atomic mass is 9.89. The van der Waals surface area contributed by atoms with Gasteiger partial charge in [-0.05, 0) is 86.4 Å². The van der Waals surface area contributed by atoms with Crippen LogP contribution < -0.4 is 16.2 Å². The number of hydrogen-bond acceptors (Lipinski definition) is 6. The van der Waals surface area contributed by atoms with Gasteiger partial charge in [0.1, 0.15) is 0 Å². The number of benzene rings is 1. The highest BCUT2D eigenvalue weighted by atomic mass is 16.5. The Morgan fingerprint density at radius 2 is 1.88 bits per heavy atom. The van der Waals surface area contributed by atoms with Gasteiger partial charge in [-0.2, -0.15) is 0 Å². The van der Waals surface area contributed by atoms with Crippen LogP contribution in [0.3, 0.4) is 0 Å². The van der Waals surface area contributed by atoms with Crippen molar-refractivity contribution in [1.82, 2.24) is 9.97 Å². The number of carbonyl (C=O) groups is 1. The lowest BCUT2D eigenvalue weighted by Gasteiger charge is -2.37. The van der Waals surface area contributed by atoms with Crippen LogP contribution in [0.15, 0.2) is 41.3 Å². The third-order valence-electron chi connectivity index (χ3n) is 7.78. The van der Waals surface area contributed by atoms with Crippen molar-refractivity contribution >= 4 is 11.6 Å². The van der Waals surface area contributed by atoms with E-state index in [-0.39, 0.29) is 17.5 Å². The van der Waals surface area contributed by atoms with Gasteiger partial charge in [0.25, 0.3) is 5.56 Å². The van der Waals surface area contributed by atoms with E-state index in [0.29, 0.717) is 38.2 Å². The number of hydrogen-bond donors (Lipinski definition) is 2. The van der Waals surface area contributed by atoms with E-state index in [9.17, 15) is 9.59 Å². The molecule has 0 saturated carbocycles. The van der Waals surface area contributed by atoms with E-state index < -0.39 is 5.91 Å². The van der Waals surface area contributed by atoms with E-state index in [1.807, 2.05) is 31.3 Å². The Kier molecular flexibility index (Phi) is 9.76. The maximum Gasteiger partial charge on any atom is 0.251 e. The average Bonchev–Trinajstić information content (AvgIpc) is 2.94. The number of aryl methyl sites for hydroxylation is 1. The summed E-state index contributed by atoms with van der Waals surface area (Å²) in [7, 11) is 1.64. The Balaban J connectivity index is 1.84. The van der Waals surface area contributed by atoms with E-state index in [1.54, 1.807) is 7.11 Å². The fourth-order valence-corrected chi connectivity index (χ4v) is 5.78. The molecule has 0 atom stereocenters. The van der Waals surface area contributed by atoms with Gasteiger partial charge >= 0.3 is 0 Å². The molecule has 1 fully saturated rings. The number of nitrogens with one attached hydrogen (secondary N) is 1. The minimum absolute atomic E-state index is 0.0681. The summed E-state index contributed by atoms with van der Waals surface area (Å²) in [6.45, 7) is 10.9. The maximum absolute atomic E-state index is 13.1. The van der Waals surface area contributed by atoms with Crippen molar-refractivity contribution in [2.24, 2.45) is 5.73 Å². The highest BCUT2D eigenvalue weighted by Gasteiger charge is 2.26. The Morgan fingerprint density at radius 3 is 2.48 bits per heavy atom. The van der Waals surface area contributed by atoms with E-state index in [2.05, 4.69) is 47.8 Å². The molecule has 8 heteroatoms. The molecule has 1 aromatic carbocycles. The van der Waals surface area contributed by atoms with Crippen LogP contribution in [0.5, 0.6) is 0 Å². The fraction of sp³-hybridized carbons (Fsp3) is 0.469. The van der Waals surface area contributed by atoms with Gasteiger partial charge in [-0.3, -0.25) is 14.6 Å². The first-order valence-electron chi connectivity index (χ1n) is 14.2. The molecular formula is C32H42N4O4. The molecule has 4 rings (SSSR count). The van der Waals surface area contributed by atoms with Gasteiger partial charge in [-0.25, -0.2) is 0 Å². The number of aromatic nitrogens is 2. The minimum Gasteiger partial charge on any atom is -0.381 e. The molecule has 3 heterocycles. The van der Waals surface area contributed by atoms with Gasteiger partial charge in [0.15, 0.2) is 0 Å². The first-order chi connectivity index (χ1) is 19.2. The number of ether oxygens (including phenoxy) is 2. The molecule has 2 aromatic heterocycles. The number of methoxy groups -OCH3 is 1. The van der Waals surface area contributed by atoms with Crippen LogP contribution in [0.1, 0.15) is 78.0 Å². The van der Waals surface area contributed by atoms with Crippen LogP contribution >= 0.6 is 0 Å². The van der Waals surface area contributed by atoms with Crippen molar-refractivity contribution in [2.45, 2.75) is 71.9 Å². The lowest BCUT2D eigenvalue weighted by Crippen LogP contribution is -2.40. The van der Waals surface area contributed by atoms with E-state index in [4.69, 9.17) is 15.2 Å². The molecule has 1 saturated heterocycles. The second-order valence-corrected chi connectivity index (χ2v) is 10.9. The van der Waals surface area contributed by atoms with Crippen molar-refractivity contribution in [3.63, 3.8) is 0 Å². The molecule has 1 amide bonds. The molecule has 3 N–H and O–H groups in total. The Hall–Kier alpha value is -3.49. The molecule has 0 aliphatic carbocycles. The Labute approximate surface area is 236 Å². The SMILES string of the molecule is CCN(c1cc(-c2ccc(COC)nc2)cc(C(N)=O)c1CCc1c(C(C)C)cc(C)[nH]c1=O)C1CCOCC1. The highest BCUT2D eigenvalue weighted by Crippen LogP contribution is 2.35. The predicted molar refractivity (Wildman–Crippen MR) is 159 cm³/mol. The normalized spacial score (nSPS) is 14.1. The summed E-state index contributed by atoms with van der Waals surface area (Å²) in [4.78, 5) is 35.9.